The van der Waals surface area contributed by atoms with E-state index in [1.54, 1.807) is 0 Å². The Morgan fingerprint density at radius 1 is 0.340 bits per heavy atom. The Hall–Kier alpha value is -6.15. The molecule has 3 nitrogen and oxygen atoms in total. The molecule has 234 valence electrons. The van der Waals surface area contributed by atoms with Crippen LogP contribution < -0.4 is 25.7 Å². The lowest BCUT2D eigenvalue weighted by Gasteiger charge is -2.45. The van der Waals surface area contributed by atoms with Gasteiger partial charge in [0.25, 0.3) is 0 Å². The molecule has 0 spiro atoms. The topological polar surface area (TPSA) is 23.6 Å². The van der Waals surface area contributed by atoms with Crippen LogP contribution in [0.1, 0.15) is 0 Å². The van der Waals surface area contributed by atoms with Crippen LogP contribution in [0.5, 0.6) is 0 Å². The second-order valence-electron chi connectivity index (χ2n) is 13.2. The molecule has 2 aliphatic heterocycles. The standard InChI is InChI=1S/C46H29N2OP/c49-50-42-28-26-36-34-18-9-7-12-30(34)22-24-38(36)44(42)47(32-14-3-1-4-15-32)40-20-11-21-41(46(40)50)48(33-16-5-2-6-17-33)45-39-25-23-31-13-8-10-19-35(31)37(39)27-29-43(45)50/h1-29H. The summed E-state index contributed by atoms with van der Waals surface area (Å²) in [6.45, 7) is 0. The summed E-state index contributed by atoms with van der Waals surface area (Å²) in [4.78, 5) is 4.70. The van der Waals surface area contributed by atoms with E-state index in [4.69, 9.17) is 0 Å². The van der Waals surface area contributed by atoms with E-state index < -0.39 is 7.14 Å². The number of nitrogens with zero attached hydrogens (tertiary/aromatic N) is 2. The minimum Gasteiger partial charge on any atom is -0.308 e. The van der Waals surface area contributed by atoms with Gasteiger partial charge in [-0.05, 0) is 80.8 Å². The Balaban J connectivity index is 1.33. The minimum atomic E-state index is -3.44. The van der Waals surface area contributed by atoms with E-state index in [1.165, 1.54) is 21.5 Å². The molecule has 0 atom stereocenters. The second kappa shape index (κ2) is 10.2. The van der Waals surface area contributed by atoms with Crippen molar-refractivity contribution < 1.29 is 4.57 Å². The van der Waals surface area contributed by atoms with E-state index >= 15 is 4.57 Å². The largest absolute Gasteiger partial charge is 0.308 e. The monoisotopic (exact) mass is 656 g/mol. The van der Waals surface area contributed by atoms with Crippen molar-refractivity contribution in [1.82, 2.24) is 0 Å². The molecular formula is C46H29N2OP. The molecule has 4 heteroatoms. The van der Waals surface area contributed by atoms with Gasteiger partial charge in [-0.2, -0.15) is 0 Å². The van der Waals surface area contributed by atoms with Crippen molar-refractivity contribution in [1.29, 1.82) is 0 Å². The van der Waals surface area contributed by atoms with Crippen LogP contribution >= 0.6 is 7.14 Å². The number of anilines is 6. The van der Waals surface area contributed by atoms with Gasteiger partial charge in [0.1, 0.15) is 0 Å². The highest BCUT2D eigenvalue weighted by Crippen LogP contribution is 2.63. The molecule has 0 bridgehead atoms. The molecule has 0 fully saturated rings. The molecule has 2 aliphatic rings. The summed E-state index contributed by atoms with van der Waals surface area (Å²) in [5, 5.41) is 11.9. The van der Waals surface area contributed by atoms with Gasteiger partial charge in [0.15, 0.2) is 7.14 Å². The molecule has 0 saturated heterocycles. The predicted molar refractivity (Wildman–Crippen MR) is 212 cm³/mol. The van der Waals surface area contributed by atoms with Crippen LogP contribution in [0.3, 0.4) is 0 Å². The molecule has 0 aliphatic carbocycles. The van der Waals surface area contributed by atoms with Gasteiger partial charge in [-0.1, -0.05) is 127 Å². The Labute approximate surface area is 289 Å². The van der Waals surface area contributed by atoms with Crippen LogP contribution in [0.2, 0.25) is 0 Å². The van der Waals surface area contributed by atoms with Crippen molar-refractivity contribution in [2.45, 2.75) is 0 Å². The number of benzene rings is 9. The number of fused-ring (bicyclic) bond motifs is 12. The second-order valence-corrected chi connectivity index (χ2v) is 15.9. The maximum atomic E-state index is 16.9. The third-order valence-corrected chi connectivity index (χ3v) is 13.9. The van der Waals surface area contributed by atoms with Gasteiger partial charge >= 0.3 is 0 Å². The van der Waals surface area contributed by atoms with Crippen molar-refractivity contribution in [2.24, 2.45) is 0 Å². The zero-order chi connectivity index (χ0) is 33.0. The number of rotatable bonds is 2. The fourth-order valence-corrected chi connectivity index (χ4v) is 11.9. The first-order valence-electron chi connectivity index (χ1n) is 17.1. The van der Waals surface area contributed by atoms with Crippen molar-refractivity contribution in [2.75, 3.05) is 9.80 Å². The molecule has 11 rings (SSSR count). The molecule has 2 heterocycles. The normalized spacial score (nSPS) is 14.2. The van der Waals surface area contributed by atoms with Crippen molar-refractivity contribution in [3.05, 3.63) is 176 Å². The Bertz CT molecular complexity index is 2730. The number of hydrogen-bond donors (Lipinski definition) is 0. The maximum Gasteiger partial charge on any atom is 0.179 e. The van der Waals surface area contributed by atoms with Gasteiger partial charge in [-0.3, -0.25) is 0 Å². The summed E-state index contributed by atoms with van der Waals surface area (Å²) in [5.74, 6) is 0. The molecule has 9 aromatic carbocycles. The van der Waals surface area contributed by atoms with Gasteiger partial charge in [-0.15, -0.1) is 0 Å². The fraction of sp³-hybridized carbons (Fsp3) is 0. The predicted octanol–water partition coefficient (Wildman–Crippen LogP) is 11.5. The average Bonchev–Trinajstić information content (AvgIpc) is 3.18. The first-order valence-corrected chi connectivity index (χ1v) is 18.8. The lowest BCUT2D eigenvalue weighted by atomic mass is 9.98. The lowest BCUT2D eigenvalue weighted by Crippen LogP contribution is -2.43. The lowest BCUT2D eigenvalue weighted by molar-refractivity contribution is 0.592. The fourth-order valence-electron chi connectivity index (χ4n) is 8.60. The van der Waals surface area contributed by atoms with E-state index in [0.717, 1.165) is 71.6 Å². The summed E-state index contributed by atoms with van der Waals surface area (Å²) < 4.78 is 16.9. The quantitative estimate of drug-likeness (QED) is 0.137. The zero-order valence-electron chi connectivity index (χ0n) is 27.0. The van der Waals surface area contributed by atoms with E-state index in [1.807, 2.05) is 0 Å². The molecule has 0 unspecified atom stereocenters. The Morgan fingerprint density at radius 2 is 0.760 bits per heavy atom. The highest BCUT2D eigenvalue weighted by Gasteiger charge is 2.49. The Kier molecular flexibility index (Phi) is 5.65. The van der Waals surface area contributed by atoms with Crippen molar-refractivity contribution in [3.63, 3.8) is 0 Å². The minimum absolute atomic E-state index is 0.873. The third-order valence-electron chi connectivity index (χ3n) is 10.7. The van der Waals surface area contributed by atoms with Gasteiger partial charge < -0.3 is 14.4 Å². The van der Waals surface area contributed by atoms with E-state index in [0.29, 0.717) is 0 Å². The number of para-hydroxylation sites is 2. The van der Waals surface area contributed by atoms with Crippen LogP contribution in [-0.2, 0) is 4.57 Å². The van der Waals surface area contributed by atoms with E-state index in [9.17, 15) is 0 Å². The van der Waals surface area contributed by atoms with Gasteiger partial charge in [0.2, 0.25) is 0 Å². The van der Waals surface area contributed by atoms with Gasteiger partial charge in [0.05, 0.1) is 28.1 Å². The average molecular weight is 657 g/mol. The first-order chi connectivity index (χ1) is 24.7. The molecule has 9 aromatic rings. The molecule has 50 heavy (non-hydrogen) atoms. The summed E-state index contributed by atoms with van der Waals surface area (Å²) in [6.07, 6.45) is 0. The van der Waals surface area contributed by atoms with Crippen LogP contribution in [0.15, 0.2) is 176 Å². The van der Waals surface area contributed by atoms with Crippen LogP contribution in [-0.4, -0.2) is 0 Å². The molecule has 0 aromatic heterocycles. The summed E-state index contributed by atoms with van der Waals surface area (Å²) in [6, 6.07) is 62.2. The number of hydrogen-bond acceptors (Lipinski definition) is 3. The summed E-state index contributed by atoms with van der Waals surface area (Å²) in [5.41, 5.74) is 5.97. The maximum absolute atomic E-state index is 16.9. The van der Waals surface area contributed by atoms with Crippen molar-refractivity contribution >= 4 is 100 Å². The smallest absolute Gasteiger partial charge is 0.179 e. The SMILES string of the molecule is O=P12c3ccc4c(ccc5ccccc54)c3N(c3ccccc3)c3cccc(c31)N(c1ccccc1)c1c2ccc2c1ccc1ccccc12. The summed E-state index contributed by atoms with van der Waals surface area (Å²) in [7, 11) is -3.44. The van der Waals surface area contributed by atoms with Crippen LogP contribution in [0, 0.1) is 0 Å². The molecular weight excluding hydrogens is 627 g/mol. The highest BCUT2D eigenvalue weighted by atomic mass is 31.2. The zero-order valence-corrected chi connectivity index (χ0v) is 27.9. The Morgan fingerprint density at radius 3 is 1.24 bits per heavy atom. The molecule has 0 N–H and O–H groups in total. The molecule has 0 amide bonds. The van der Waals surface area contributed by atoms with Crippen molar-refractivity contribution in [3.8, 4) is 0 Å². The molecule has 0 saturated carbocycles. The van der Waals surface area contributed by atoms with E-state index in [-0.39, 0.29) is 0 Å². The van der Waals surface area contributed by atoms with E-state index in [2.05, 4.69) is 186 Å². The van der Waals surface area contributed by atoms with Gasteiger partial charge in [0, 0.05) is 32.8 Å². The highest BCUT2D eigenvalue weighted by molar-refractivity contribution is 7.86. The van der Waals surface area contributed by atoms with Crippen LogP contribution in [0.25, 0.3) is 43.1 Å². The molecule has 0 radical (unpaired) electrons. The van der Waals surface area contributed by atoms with Crippen LogP contribution in [0.4, 0.5) is 34.1 Å². The summed E-state index contributed by atoms with van der Waals surface area (Å²) >= 11 is 0. The third kappa shape index (κ3) is 3.57. The van der Waals surface area contributed by atoms with Gasteiger partial charge in [-0.25, -0.2) is 0 Å². The first kappa shape index (κ1) is 27.8.